The van der Waals surface area contributed by atoms with Crippen LogP contribution in [0.4, 0.5) is 0 Å². The molecule has 30 heavy (non-hydrogen) atoms. The zero-order valence-electron chi connectivity index (χ0n) is 16.1. The molecule has 0 aliphatic rings. The predicted molar refractivity (Wildman–Crippen MR) is 108 cm³/mol. The molecule has 2 aromatic carbocycles. The van der Waals surface area contributed by atoms with Gasteiger partial charge in [-0.3, -0.25) is 9.59 Å². The van der Waals surface area contributed by atoms with Gasteiger partial charge >= 0.3 is 5.97 Å². The van der Waals surface area contributed by atoms with E-state index in [1.54, 1.807) is 25.1 Å². The lowest BCUT2D eigenvalue weighted by Crippen LogP contribution is -2.43. The summed E-state index contributed by atoms with van der Waals surface area (Å²) in [6.07, 6.45) is -0.544. The van der Waals surface area contributed by atoms with Gasteiger partial charge in [-0.25, -0.2) is 4.79 Å². The molecule has 2 rings (SSSR count). The third kappa shape index (κ3) is 6.56. The summed E-state index contributed by atoms with van der Waals surface area (Å²) in [5, 5.41) is 20.8. The summed E-state index contributed by atoms with van der Waals surface area (Å²) in [4.78, 5) is 34.6. The van der Waals surface area contributed by atoms with Gasteiger partial charge in [-0.1, -0.05) is 17.7 Å². The molecule has 1 atom stereocenters. The zero-order chi connectivity index (χ0) is 22.3. The molecule has 0 spiro atoms. The number of carbonyl (C=O) groups is 3. The molecule has 0 radical (unpaired) electrons. The minimum absolute atomic E-state index is 0.0552. The van der Waals surface area contributed by atoms with Crippen LogP contribution in [0.2, 0.25) is 5.02 Å². The molecular weight excluding hydrogens is 416 g/mol. The quantitative estimate of drug-likeness (QED) is 0.415. The van der Waals surface area contributed by atoms with Crippen LogP contribution >= 0.6 is 11.6 Å². The van der Waals surface area contributed by atoms with E-state index in [-0.39, 0.29) is 29.5 Å². The van der Waals surface area contributed by atoms with Gasteiger partial charge in [0.15, 0.2) is 0 Å². The smallest absolute Gasteiger partial charge is 0.326 e. The molecule has 10 heteroatoms. The Labute approximate surface area is 177 Å². The number of hydrogen-bond donors (Lipinski definition) is 4. The number of carboxylic acids is 1. The largest absolute Gasteiger partial charge is 0.508 e. The molecule has 0 saturated carbocycles. The number of hydrogen-bond acceptors (Lipinski definition) is 6. The number of phenolic OH excluding ortho intramolecular Hbond substituents is 1. The normalized spacial score (nSPS) is 11.4. The van der Waals surface area contributed by atoms with E-state index in [4.69, 9.17) is 31.9 Å². The molecule has 0 saturated heterocycles. The minimum atomic E-state index is -1.46. The molecule has 0 aliphatic carbocycles. The Hall–Kier alpha value is -3.46. The first kappa shape index (κ1) is 22.8. The van der Waals surface area contributed by atoms with E-state index in [0.29, 0.717) is 17.1 Å². The second-order valence-corrected chi connectivity index (χ2v) is 6.73. The number of nitrogens with one attached hydrogen (secondary N) is 1. The summed E-state index contributed by atoms with van der Waals surface area (Å²) in [6, 6.07) is 7.86. The average molecular weight is 437 g/mol. The van der Waals surface area contributed by atoms with Crippen LogP contribution in [-0.2, 0) is 9.59 Å². The van der Waals surface area contributed by atoms with E-state index in [1.807, 2.05) is 0 Å². The first-order valence-electron chi connectivity index (χ1n) is 8.84. The van der Waals surface area contributed by atoms with E-state index in [9.17, 15) is 19.5 Å². The monoisotopic (exact) mass is 436 g/mol. The summed E-state index contributed by atoms with van der Waals surface area (Å²) in [5.74, 6) is -2.02. The van der Waals surface area contributed by atoms with E-state index < -0.39 is 30.2 Å². The van der Waals surface area contributed by atoms with Gasteiger partial charge in [0.05, 0.1) is 17.0 Å². The minimum Gasteiger partial charge on any atom is -0.508 e. The van der Waals surface area contributed by atoms with Crippen molar-refractivity contribution in [2.45, 2.75) is 19.4 Å². The molecule has 0 aliphatic heterocycles. The average Bonchev–Trinajstić information content (AvgIpc) is 2.64. The van der Waals surface area contributed by atoms with Gasteiger partial charge in [0.1, 0.15) is 36.5 Å². The highest BCUT2D eigenvalue weighted by molar-refractivity contribution is 6.34. The van der Waals surface area contributed by atoms with Crippen LogP contribution in [-0.4, -0.2) is 47.3 Å². The Morgan fingerprint density at radius 3 is 2.37 bits per heavy atom. The number of nitrogens with two attached hydrogens (primary N) is 1. The maximum absolute atomic E-state index is 12.4. The van der Waals surface area contributed by atoms with E-state index >= 15 is 0 Å². The molecule has 9 nitrogen and oxygen atoms in total. The Bertz CT molecular complexity index is 925. The Morgan fingerprint density at radius 1 is 1.13 bits per heavy atom. The summed E-state index contributed by atoms with van der Waals surface area (Å²) in [6.45, 7) is 1.99. The number of benzene rings is 2. The lowest BCUT2D eigenvalue weighted by molar-refractivity contribution is -0.140. The summed E-state index contributed by atoms with van der Waals surface area (Å²) in [5.41, 5.74) is 5.53. The van der Waals surface area contributed by atoms with E-state index in [1.165, 1.54) is 18.2 Å². The van der Waals surface area contributed by atoms with Gasteiger partial charge in [0.25, 0.3) is 5.91 Å². The third-order valence-electron chi connectivity index (χ3n) is 3.94. The topological polar surface area (TPSA) is 148 Å². The number of carbonyl (C=O) groups excluding carboxylic acids is 2. The fraction of sp³-hybridized carbons (Fsp3) is 0.250. The van der Waals surface area contributed by atoms with Crippen molar-refractivity contribution >= 4 is 29.4 Å². The highest BCUT2D eigenvalue weighted by atomic mass is 35.5. The van der Waals surface area contributed by atoms with E-state index in [2.05, 4.69) is 5.32 Å². The highest BCUT2D eigenvalue weighted by Gasteiger charge is 2.25. The zero-order valence-corrected chi connectivity index (χ0v) is 16.8. The van der Waals surface area contributed by atoms with Crippen LogP contribution in [0.1, 0.15) is 22.3 Å². The molecule has 0 aromatic heterocycles. The van der Waals surface area contributed by atoms with Gasteiger partial charge in [0.2, 0.25) is 5.91 Å². The number of aromatic hydroxyl groups is 1. The SMILES string of the molecule is Cc1cc(OCCOc2cccc(O)c2)cc(Cl)c1C(=O)N[C@@H](CC(N)=O)C(=O)O. The molecular formula is C20H21ClN2O7. The van der Waals surface area contributed by atoms with Gasteiger partial charge in [-0.15, -0.1) is 0 Å². The van der Waals surface area contributed by atoms with E-state index in [0.717, 1.165) is 0 Å². The predicted octanol–water partition coefficient (Wildman–Crippen LogP) is 1.87. The van der Waals surface area contributed by atoms with Crippen molar-refractivity contribution in [3.63, 3.8) is 0 Å². The van der Waals surface area contributed by atoms with Crippen molar-refractivity contribution in [3.8, 4) is 17.2 Å². The van der Waals surface area contributed by atoms with Gasteiger partial charge < -0.3 is 30.7 Å². The standard InChI is InChI=1S/C20H21ClN2O7/c1-11-7-14(30-6-5-29-13-4-2-3-12(24)8-13)9-15(21)18(11)19(26)23-16(20(27)28)10-17(22)25/h2-4,7-9,16,24H,5-6,10H2,1H3,(H2,22,25)(H,23,26)(H,27,28)/t16-/m0/s1. The molecule has 0 bridgehead atoms. The third-order valence-corrected chi connectivity index (χ3v) is 4.23. The number of primary amides is 1. The maximum Gasteiger partial charge on any atom is 0.326 e. The van der Waals surface area contributed by atoms with Crippen LogP contribution < -0.4 is 20.5 Å². The molecule has 0 unspecified atom stereocenters. The van der Waals surface area contributed by atoms with Crippen molar-refractivity contribution in [2.24, 2.45) is 5.73 Å². The Morgan fingerprint density at radius 2 is 1.80 bits per heavy atom. The molecule has 2 aromatic rings. The highest BCUT2D eigenvalue weighted by Crippen LogP contribution is 2.27. The lowest BCUT2D eigenvalue weighted by Gasteiger charge is -2.16. The summed E-state index contributed by atoms with van der Waals surface area (Å²) < 4.78 is 11.0. The second kappa shape index (κ2) is 10.4. The number of ether oxygens (including phenoxy) is 2. The van der Waals surface area contributed by atoms with Crippen LogP contribution in [0, 0.1) is 6.92 Å². The van der Waals surface area contributed by atoms with Crippen molar-refractivity contribution in [1.29, 1.82) is 0 Å². The lowest BCUT2D eigenvalue weighted by atomic mass is 10.1. The first-order chi connectivity index (χ1) is 14.2. The second-order valence-electron chi connectivity index (χ2n) is 6.33. The molecule has 5 N–H and O–H groups in total. The summed E-state index contributed by atoms with van der Waals surface area (Å²) in [7, 11) is 0. The van der Waals surface area contributed by atoms with Crippen LogP contribution in [0.3, 0.4) is 0 Å². The Balaban J connectivity index is 1.99. The van der Waals surface area contributed by atoms with Crippen LogP contribution in [0.25, 0.3) is 0 Å². The first-order valence-corrected chi connectivity index (χ1v) is 9.22. The number of amides is 2. The van der Waals surface area contributed by atoms with Gasteiger partial charge in [-0.2, -0.15) is 0 Å². The molecule has 0 fully saturated rings. The van der Waals surface area contributed by atoms with Crippen LogP contribution in [0.15, 0.2) is 36.4 Å². The number of halogens is 1. The molecule has 160 valence electrons. The molecule has 2 amide bonds. The van der Waals surface area contributed by atoms with Crippen molar-refractivity contribution in [3.05, 3.63) is 52.5 Å². The maximum atomic E-state index is 12.4. The number of carboxylic acid groups (broad SMARTS) is 1. The molecule has 0 heterocycles. The van der Waals surface area contributed by atoms with Crippen molar-refractivity contribution in [1.82, 2.24) is 5.32 Å². The fourth-order valence-corrected chi connectivity index (χ4v) is 2.95. The van der Waals surface area contributed by atoms with Crippen molar-refractivity contribution in [2.75, 3.05) is 13.2 Å². The van der Waals surface area contributed by atoms with Gasteiger partial charge in [-0.05, 0) is 36.8 Å². The van der Waals surface area contributed by atoms with Crippen molar-refractivity contribution < 1.29 is 34.1 Å². The van der Waals surface area contributed by atoms with Gasteiger partial charge in [0, 0.05) is 6.07 Å². The number of rotatable bonds is 10. The Kier molecular flexibility index (Phi) is 7.88. The number of phenols is 1. The number of aryl methyl sites for hydroxylation is 1. The fourth-order valence-electron chi connectivity index (χ4n) is 2.61. The number of aliphatic carboxylic acids is 1. The summed E-state index contributed by atoms with van der Waals surface area (Å²) >= 11 is 6.19. The van der Waals surface area contributed by atoms with Crippen LogP contribution in [0.5, 0.6) is 17.2 Å².